The fraction of sp³-hybridized carbons (Fsp3) is 0.533. The van der Waals surface area contributed by atoms with Crippen LogP contribution in [0, 0.1) is 26.7 Å². The minimum Gasteiger partial charge on any atom is -0.481 e. The SMILES string of the molecule is Cc1cc(C)c(S(=O)(=O)N2CCC(C(=O)O)CC2)cc1C. The molecule has 1 aliphatic rings. The van der Waals surface area contributed by atoms with E-state index in [1.54, 1.807) is 13.0 Å². The highest BCUT2D eigenvalue weighted by molar-refractivity contribution is 7.89. The lowest BCUT2D eigenvalue weighted by Crippen LogP contribution is -2.40. The summed E-state index contributed by atoms with van der Waals surface area (Å²) in [6.45, 7) is 6.18. The topological polar surface area (TPSA) is 74.7 Å². The number of aliphatic carboxylic acids is 1. The number of nitrogens with zero attached hydrogens (tertiary/aromatic N) is 1. The molecule has 1 aliphatic heterocycles. The average Bonchev–Trinajstić information content (AvgIpc) is 2.42. The van der Waals surface area contributed by atoms with E-state index in [9.17, 15) is 13.2 Å². The first-order valence-corrected chi connectivity index (χ1v) is 8.48. The average molecular weight is 311 g/mol. The molecule has 0 saturated carbocycles. The van der Waals surface area contributed by atoms with Gasteiger partial charge in [-0.2, -0.15) is 4.31 Å². The van der Waals surface area contributed by atoms with Crippen molar-refractivity contribution in [2.45, 2.75) is 38.5 Å². The quantitative estimate of drug-likeness (QED) is 0.927. The Labute approximate surface area is 125 Å². The molecule has 0 aromatic heterocycles. The normalized spacial score (nSPS) is 17.9. The summed E-state index contributed by atoms with van der Waals surface area (Å²) in [4.78, 5) is 11.3. The molecule has 116 valence electrons. The van der Waals surface area contributed by atoms with E-state index in [0.29, 0.717) is 17.7 Å². The van der Waals surface area contributed by atoms with Crippen LogP contribution in [0.1, 0.15) is 29.5 Å². The van der Waals surface area contributed by atoms with Crippen LogP contribution >= 0.6 is 0 Å². The monoisotopic (exact) mass is 311 g/mol. The minimum atomic E-state index is -3.54. The van der Waals surface area contributed by atoms with Gasteiger partial charge in [0.25, 0.3) is 0 Å². The molecule has 6 heteroatoms. The summed E-state index contributed by atoms with van der Waals surface area (Å²) in [6, 6.07) is 3.59. The number of aryl methyl sites for hydroxylation is 3. The maximum Gasteiger partial charge on any atom is 0.306 e. The molecule has 0 radical (unpaired) electrons. The summed E-state index contributed by atoms with van der Waals surface area (Å²) >= 11 is 0. The van der Waals surface area contributed by atoms with Crippen molar-refractivity contribution in [3.63, 3.8) is 0 Å². The highest BCUT2D eigenvalue weighted by Gasteiger charge is 2.32. The Kier molecular flexibility index (Phi) is 4.39. The number of piperidine rings is 1. The van der Waals surface area contributed by atoms with Gasteiger partial charge in [0, 0.05) is 13.1 Å². The van der Waals surface area contributed by atoms with E-state index >= 15 is 0 Å². The summed E-state index contributed by atoms with van der Waals surface area (Å²) in [5, 5.41) is 8.99. The predicted molar refractivity (Wildman–Crippen MR) is 79.8 cm³/mol. The number of carboxylic acids is 1. The zero-order valence-electron chi connectivity index (χ0n) is 12.6. The second kappa shape index (κ2) is 5.77. The van der Waals surface area contributed by atoms with Crippen molar-refractivity contribution in [3.8, 4) is 0 Å². The fourth-order valence-corrected chi connectivity index (χ4v) is 4.46. The summed E-state index contributed by atoms with van der Waals surface area (Å²) in [7, 11) is -3.54. The second-order valence-electron chi connectivity index (χ2n) is 5.72. The third-order valence-corrected chi connectivity index (χ3v) is 6.25. The van der Waals surface area contributed by atoms with E-state index in [1.165, 1.54) is 4.31 Å². The third kappa shape index (κ3) is 3.11. The molecule has 0 atom stereocenters. The first kappa shape index (κ1) is 16.0. The first-order chi connectivity index (χ1) is 9.73. The zero-order chi connectivity index (χ0) is 15.8. The lowest BCUT2D eigenvalue weighted by atomic mass is 9.99. The number of carboxylic acid groups (broad SMARTS) is 1. The molecule has 1 N–H and O–H groups in total. The maximum absolute atomic E-state index is 12.7. The van der Waals surface area contributed by atoms with Crippen molar-refractivity contribution in [3.05, 3.63) is 28.8 Å². The molecule has 0 amide bonds. The van der Waals surface area contributed by atoms with Gasteiger partial charge in [-0.25, -0.2) is 8.42 Å². The number of benzene rings is 1. The van der Waals surface area contributed by atoms with Crippen molar-refractivity contribution in [1.82, 2.24) is 4.31 Å². The highest BCUT2D eigenvalue weighted by Crippen LogP contribution is 2.27. The van der Waals surface area contributed by atoms with Gasteiger partial charge < -0.3 is 5.11 Å². The predicted octanol–water partition coefficient (Wildman–Crippen LogP) is 2.10. The van der Waals surface area contributed by atoms with Crippen LogP contribution in [0.2, 0.25) is 0 Å². The molecule has 21 heavy (non-hydrogen) atoms. The number of sulfonamides is 1. The molecule has 1 fully saturated rings. The van der Waals surface area contributed by atoms with Crippen LogP contribution in [0.3, 0.4) is 0 Å². The molecule has 0 bridgehead atoms. The highest BCUT2D eigenvalue weighted by atomic mass is 32.2. The lowest BCUT2D eigenvalue weighted by Gasteiger charge is -2.30. The molecule has 1 aromatic carbocycles. The number of rotatable bonds is 3. The van der Waals surface area contributed by atoms with Crippen LogP contribution in [-0.4, -0.2) is 36.9 Å². The van der Waals surface area contributed by atoms with Crippen molar-refractivity contribution >= 4 is 16.0 Å². The standard InChI is InChI=1S/C15H21NO4S/c1-10-8-12(3)14(9-11(10)2)21(19,20)16-6-4-13(5-7-16)15(17)18/h8-9,13H,4-7H2,1-3H3,(H,17,18). The molecule has 1 aromatic rings. The molecule has 0 aliphatic carbocycles. The fourth-order valence-electron chi connectivity index (χ4n) is 2.69. The van der Waals surface area contributed by atoms with E-state index in [1.807, 2.05) is 19.9 Å². The molecule has 2 rings (SSSR count). The first-order valence-electron chi connectivity index (χ1n) is 7.04. The number of hydrogen-bond acceptors (Lipinski definition) is 3. The largest absolute Gasteiger partial charge is 0.481 e. The van der Waals surface area contributed by atoms with Gasteiger partial charge in [0.15, 0.2) is 0 Å². The van der Waals surface area contributed by atoms with Crippen molar-refractivity contribution in [2.24, 2.45) is 5.92 Å². The Hall–Kier alpha value is -1.40. The lowest BCUT2D eigenvalue weighted by molar-refractivity contribution is -0.142. The summed E-state index contributed by atoms with van der Waals surface area (Å²) in [5.74, 6) is -1.27. The molecular weight excluding hydrogens is 290 g/mol. The Morgan fingerprint density at radius 3 is 2.14 bits per heavy atom. The van der Waals surface area contributed by atoms with E-state index < -0.39 is 21.9 Å². The van der Waals surface area contributed by atoms with Crippen LogP contribution in [-0.2, 0) is 14.8 Å². The molecular formula is C15H21NO4S. The molecule has 5 nitrogen and oxygen atoms in total. The van der Waals surface area contributed by atoms with Crippen LogP contribution in [0.25, 0.3) is 0 Å². The van der Waals surface area contributed by atoms with Gasteiger partial charge in [-0.1, -0.05) is 6.07 Å². The van der Waals surface area contributed by atoms with Crippen LogP contribution in [0.4, 0.5) is 0 Å². The third-order valence-electron chi connectivity index (χ3n) is 4.21. The van der Waals surface area contributed by atoms with Crippen LogP contribution in [0.5, 0.6) is 0 Å². The van der Waals surface area contributed by atoms with Gasteiger partial charge in [-0.15, -0.1) is 0 Å². The van der Waals surface area contributed by atoms with Gasteiger partial charge in [0.2, 0.25) is 10.0 Å². The zero-order valence-corrected chi connectivity index (χ0v) is 13.4. The minimum absolute atomic E-state index is 0.270. The van der Waals surface area contributed by atoms with E-state index in [0.717, 1.165) is 16.7 Å². The molecule has 0 unspecified atom stereocenters. The maximum atomic E-state index is 12.7. The van der Waals surface area contributed by atoms with Gasteiger partial charge >= 0.3 is 5.97 Å². The van der Waals surface area contributed by atoms with Crippen LogP contribution < -0.4 is 0 Å². The van der Waals surface area contributed by atoms with Gasteiger partial charge in [0.1, 0.15) is 0 Å². The van der Waals surface area contributed by atoms with Gasteiger partial charge in [0.05, 0.1) is 10.8 Å². The molecule has 1 saturated heterocycles. The Balaban J connectivity index is 2.28. The summed E-state index contributed by atoms with van der Waals surface area (Å²) in [5.41, 5.74) is 2.74. The van der Waals surface area contributed by atoms with Gasteiger partial charge in [-0.3, -0.25) is 4.79 Å². The Morgan fingerprint density at radius 2 is 1.62 bits per heavy atom. The van der Waals surface area contributed by atoms with Crippen molar-refractivity contribution in [2.75, 3.05) is 13.1 Å². The summed E-state index contributed by atoms with van der Waals surface area (Å²) in [6.07, 6.45) is 0.747. The Bertz CT molecular complexity index is 658. The smallest absolute Gasteiger partial charge is 0.306 e. The summed E-state index contributed by atoms with van der Waals surface area (Å²) < 4.78 is 26.9. The van der Waals surface area contributed by atoms with Gasteiger partial charge in [-0.05, 0) is 56.4 Å². The number of carbonyl (C=O) groups is 1. The molecule has 0 spiro atoms. The second-order valence-corrected chi connectivity index (χ2v) is 7.62. The van der Waals surface area contributed by atoms with E-state index in [4.69, 9.17) is 5.11 Å². The van der Waals surface area contributed by atoms with Crippen molar-refractivity contribution < 1.29 is 18.3 Å². The van der Waals surface area contributed by atoms with E-state index in [-0.39, 0.29) is 13.1 Å². The molecule has 1 heterocycles. The number of hydrogen-bond donors (Lipinski definition) is 1. The van der Waals surface area contributed by atoms with E-state index in [2.05, 4.69) is 0 Å². The van der Waals surface area contributed by atoms with Crippen molar-refractivity contribution in [1.29, 1.82) is 0 Å². The Morgan fingerprint density at radius 1 is 1.10 bits per heavy atom. The van der Waals surface area contributed by atoms with Crippen LogP contribution in [0.15, 0.2) is 17.0 Å².